The van der Waals surface area contributed by atoms with Crippen molar-refractivity contribution in [1.82, 2.24) is 4.90 Å². The number of carbonyl (C=O) groups is 5. The summed E-state index contributed by atoms with van der Waals surface area (Å²) in [6, 6.07) is 2.75. The summed E-state index contributed by atoms with van der Waals surface area (Å²) in [6.07, 6.45) is 2.13. The predicted octanol–water partition coefficient (Wildman–Crippen LogP) is 2.94. The summed E-state index contributed by atoms with van der Waals surface area (Å²) < 4.78 is 15.9. The van der Waals surface area contributed by atoms with E-state index in [1.165, 1.54) is 32.4 Å². The maximum Gasteiger partial charge on any atom is 0.423 e. The number of rotatable bonds is 3. The smallest absolute Gasteiger partial charge is 0.423 e. The monoisotopic (exact) mass is 571 g/mol. The molecule has 1 aromatic rings. The van der Waals surface area contributed by atoms with Gasteiger partial charge in [-0.15, -0.1) is 0 Å². The zero-order valence-corrected chi connectivity index (χ0v) is 21.7. The third-order valence-corrected chi connectivity index (χ3v) is 8.09. The Morgan fingerprint density at radius 2 is 1.68 bits per heavy atom. The van der Waals surface area contributed by atoms with Gasteiger partial charge in [-0.05, 0) is 34.7 Å². The SMILES string of the molecule is COC(=O)N1C(=O)C2CC=C3C(c4c(OC)cc(O)cc4OC)C4=C(CC3C2C1=O)C(=O)C(Br)=CC4=O. The molecule has 1 aromatic carbocycles. The number of ketones is 2. The first-order valence-electron chi connectivity index (χ1n) is 11.4. The number of halogens is 1. The minimum atomic E-state index is -1.06. The van der Waals surface area contributed by atoms with Gasteiger partial charge in [-0.3, -0.25) is 19.2 Å². The van der Waals surface area contributed by atoms with E-state index < -0.39 is 53.1 Å². The molecule has 0 radical (unpaired) electrons. The molecule has 0 saturated carbocycles. The highest BCUT2D eigenvalue weighted by atomic mass is 79.9. The van der Waals surface area contributed by atoms with Gasteiger partial charge in [0.05, 0.1) is 37.6 Å². The van der Waals surface area contributed by atoms with Crippen molar-refractivity contribution in [3.63, 3.8) is 0 Å². The molecule has 0 aromatic heterocycles. The zero-order valence-electron chi connectivity index (χ0n) is 20.1. The third-order valence-electron chi connectivity index (χ3n) is 7.51. The second-order valence-corrected chi connectivity index (χ2v) is 9.99. The number of likely N-dealkylation sites (tertiary alicyclic amines) is 1. The van der Waals surface area contributed by atoms with E-state index in [1.54, 1.807) is 6.08 Å². The molecule has 1 fully saturated rings. The Kier molecular flexibility index (Phi) is 6.06. The fourth-order valence-corrected chi connectivity index (χ4v) is 6.47. The van der Waals surface area contributed by atoms with E-state index in [0.717, 1.165) is 7.11 Å². The van der Waals surface area contributed by atoms with E-state index in [9.17, 15) is 29.1 Å². The number of carbonyl (C=O) groups excluding carboxylic acids is 5. The normalized spacial score (nSPS) is 26.8. The predicted molar refractivity (Wildman–Crippen MR) is 130 cm³/mol. The number of benzene rings is 1. The Hall–Kier alpha value is -3.73. The molecule has 0 bridgehead atoms. The summed E-state index contributed by atoms with van der Waals surface area (Å²) >= 11 is 3.17. The number of amides is 3. The highest BCUT2D eigenvalue weighted by Gasteiger charge is 2.58. The molecule has 11 heteroatoms. The highest BCUT2D eigenvalue weighted by molar-refractivity contribution is 9.12. The molecule has 1 heterocycles. The van der Waals surface area contributed by atoms with Gasteiger partial charge < -0.3 is 19.3 Å². The van der Waals surface area contributed by atoms with Crippen molar-refractivity contribution in [2.45, 2.75) is 18.8 Å². The molecule has 4 unspecified atom stereocenters. The molecule has 192 valence electrons. The van der Waals surface area contributed by atoms with Gasteiger partial charge in [0.15, 0.2) is 11.6 Å². The topological polar surface area (TPSA) is 137 Å². The van der Waals surface area contributed by atoms with Gasteiger partial charge in [-0.1, -0.05) is 11.6 Å². The van der Waals surface area contributed by atoms with E-state index in [4.69, 9.17) is 9.47 Å². The van der Waals surface area contributed by atoms with Crippen molar-refractivity contribution in [2.75, 3.05) is 21.3 Å². The third kappa shape index (κ3) is 3.55. The molecule has 10 nitrogen and oxygen atoms in total. The molecule has 3 amide bonds. The van der Waals surface area contributed by atoms with Crippen LogP contribution in [0.3, 0.4) is 0 Å². The average molecular weight is 572 g/mol. The van der Waals surface area contributed by atoms with Crippen molar-refractivity contribution in [3.05, 3.63) is 51.0 Å². The molecule has 1 N–H and O–H groups in total. The number of phenols is 1. The van der Waals surface area contributed by atoms with Gasteiger partial charge in [-0.25, -0.2) is 4.79 Å². The number of nitrogens with zero attached hydrogens (tertiary/aromatic N) is 1. The Balaban J connectivity index is 1.75. The van der Waals surface area contributed by atoms with Crippen LogP contribution in [0.15, 0.2) is 45.5 Å². The lowest BCUT2D eigenvalue weighted by molar-refractivity contribution is -0.137. The second-order valence-electron chi connectivity index (χ2n) is 9.14. The van der Waals surface area contributed by atoms with E-state index in [0.29, 0.717) is 16.0 Å². The van der Waals surface area contributed by atoms with E-state index in [2.05, 4.69) is 20.7 Å². The molecule has 1 saturated heterocycles. The maximum absolute atomic E-state index is 13.4. The minimum absolute atomic E-state index is 0.0308. The maximum atomic E-state index is 13.4. The summed E-state index contributed by atoms with van der Waals surface area (Å²) in [6.45, 7) is 0. The van der Waals surface area contributed by atoms with Crippen LogP contribution in [0.1, 0.15) is 24.3 Å². The number of phenolic OH excluding ortho intramolecular Hbond substituents is 1. The van der Waals surface area contributed by atoms with Crippen LogP contribution < -0.4 is 9.47 Å². The molecule has 4 aliphatic rings. The molecule has 5 rings (SSSR count). The van der Waals surface area contributed by atoms with Crippen LogP contribution >= 0.6 is 15.9 Å². The van der Waals surface area contributed by atoms with Gasteiger partial charge >= 0.3 is 6.09 Å². The molecular weight excluding hydrogens is 550 g/mol. The number of imide groups is 3. The Labute approximate surface area is 219 Å². The molecule has 0 spiro atoms. The average Bonchev–Trinajstić information content (AvgIpc) is 3.14. The summed E-state index contributed by atoms with van der Waals surface area (Å²) in [5.74, 6) is -5.09. The number of Topliss-reactive ketones (excluding diaryl/α,β-unsaturated/α-hetero) is 1. The number of fused-ring (bicyclic) bond motifs is 3. The molecule has 4 atom stereocenters. The lowest BCUT2D eigenvalue weighted by atomic mass is 9.59. The van der Waals surface area contributed by atoms with Crippen LogP contribution in [0.4, 0.5) is 4.79 Å². The number of methoxy groups -OCH3 is 3. The zero-order chi connectivity index (χ0) is 26.8. The fourth-order valence-electron chi connectivity index (χ4n) is 6.02. The van der Waals surface area contributed by atoms with E-state index >= 15 is 0 Å². The van der Waals surface area contributed by atoms with Gasteiger partial charge in [0.1, 0.15) is 17.2 Å². The van der Waals surface area contributed by atoms with E-state index in [-0.39, 0.29) is 45.7 Å². The van der Waals surface area contributed by atoms with Crippen molar-refractivity contribution in [3.8, 4) is 17.2 Å². The first-order chi connectivity index (χ1) is 17.6. The largest absolute Gasteiger partial charge is 0.508 e. The number of aromatic hydroxyl groups is 1. The Morgan fingerprint density at radius 3 is 2.27 bits per heavy atom. The summed E-state index contributed by atoms with van der Waals surface area (Å²) in [7, 11) is 3.88. The fraction of sp³-hybridized carbons (Fsp3) is 0.346. The van der Waals surface area contributed by atoms with Crippen LogP contribution in [-0.2, 0) is 23.9 Å². The standard InChI is InChI=1S/C26H22BrNO9/c1-35-17-6-10(29)7-18(36-2)22(17)21-11-4-5-12-19(25(33)28(24(12)32)26(34)37-3)13(11)8-14-20(21)16(30)9-15(27)23(14)31/h4,6-7,9,12-13,19,21,29H,5,8H2,1-3H3. The molecule has 3 aliphatic carbocycles. The van der Waals surface area contributed by atoms with Crippen LogP contribution in [0.5, 0.6) is 17.2 Å². The van der Waals surface area contributed by atoms with Crippen LogP contribution in [-0.4, -0.2) is 60.8 Å². The summed E-state index contributed by atoms with van der Waals surface area (Å²) in [4.78, 5) is 65.9. The van der Waals surface area contributed by atoms with Crippen molar-refractivity contribution < 1.29 is 43.3 Å². The lowest BCUT2D eigenvalue weighted by Gasteiger charge is -2.42. The lowest BCUT2D eigenvalue weighted by Crippen LogP contribution is -2.40. The Bertz CT molecular complexity index is 1360. The van der Waals surface area contributed by atoms with Crippen molar-refractivity contribution in [2.24, 2.45) is 17.8 Å². The highest BCUT2D eigenvalue weighted by Crippen LogP contribution is 2.58. The van der Waals surface area contributed by atoms with Gasteiger partial charge in [0, 0.05) is 40.8 Å². The number of hydrogen-bond donors (Lipinski definition) is 1. The van der Waals surface area contributed by atoms with Crippen molar-refractivity contribution >= 4 is 45.4 Å². The van der Waals surface area contributed by atoms with Gasteiger partial charge in [-0.2, -0.15) is 4.90 Å². The van der Waals surface area contributed by atoms with Crippen molar-refractivity contribution in [1.29, 1.82) is 0 Å². The Morgan fingerprint density at radius 1 is 1.03 bits per heavy atom. The molecule has 37 heavy (non-hydrogen) atoms. The van der Waals surface area contributed by atoms with Gasteiger partial charge in [0.2, 0.25) is 11.8 Å². The summed E-state index contributed by atoms with van der Waals surface area (Å²) in [5.41, 5.74) is 1.47. The van der Waals surface area contributed by atoms with Gasteiger partial charge in [0.25, 0.3) is 0 Å². The number of hydrogen-bond acceptors (Lipinski definition) is 9. The number of allylic oxidation sites excluding steroid dienone is 6. The molecular formula is C26H22BrNO9. The first kappa shape index (κ1) is 24.9. The first-order valence-corrected chi connectivity index (χ1v) is 12.2. The van der Waals surface area contributed by atoms with Crippen LogP contribution in [0.2, 0.25) is 0 Å². The minimum Gasteiger partial charge on any atom is -0.508 e. The number of ether oxygens (including phenoxy) is 3. The van der Waals surface area contributed by atoms with Crippen LogP contribution in [0.25, 0.3) is 0 Å². The summed E-state index contributed by atoms with van der Waals surface area (Å²) in [5, 5.41) is 10.2. The quantitative estimate of drug-likeness (QED) is 0.329. The second kappa shape index (κ2) is 8.98. The van der Waals surface area contributed by atoms with E-state index in [1.807, 2.05) is 0 Å². The molecule has 1 aliphatic heterocycles. The van der Waals surface area contributed by atoms with Crippen LogP contribution in [0, 0.1) is 17.8 Å².